The summed E-state index contributed by atoms with van der Waals surface area (Å²) >= 11 is 5.56. The number of nitrogens with zero attached hydrogens (tertiary/aromatic N) is 2. The van der Waals surface area contributed by atoms with Crippen LogP contribution in [0.25, 0.3) is 0 Å². The molecule has 5 nitrogen and oxygen atoms in total. The number of carbonyl (C=O) groups excluding carboxylic acids is 2. The van der Waals surface area contributed by atoms with Crippen LogP contribution in [0.4, 0.5) is 18.9 Å². The Balaban J connectivity index is 2.25. The van der Waals surface area contributed by atoms with Crippen molar-refractivity contribution in [2.45, 2.75) is 20.0 Å². The Kier molecular flexibility index (Phi) is 6.43. The number of amides is 2. The topological polar surface area (TPSA) is 62.3 Å². The first-order valence-electron chi connectivity index (χ1n) is 8.10. The van der Waals surface area contributed by atoms with Crippen molar-refractivity contribution in [2.24, 2.45) is 0 Å². The molecule has 0 bridgehead atoms. The summed E-state index contributed by atoms with van der Waals surface area (Å²) in [5, 5.41) is 1.87. The molecule has 0 saturated carbocycles. The molecule has 27 heavy (non-hydrogen) atoms. The largest absolute Gasteiger partial charge is 0.417 e. The Labute approximate surface area is 159 Å². The van der Waals surface area contributed by atoms with Crippen LogP contribution in [0, 0.1) is 0 Å². The monoisotopic (exact) mass is 399 g/mol. The van der Waals surface area contributed by atoms with Crippen molar-refractivity contribution in [1.29, 1.82) is 0 Å². The molecule has 0 radical (unpaired) electrons. The second kappa shape index (κ2) is 8.39. The van der Waals surface area contributed by atoms with Gasteiger partial charge in [-0.3, -0.25) is 14.6 Å². The average Bonchev–Trinajstić information content (AvgIpc) is 2.63. The number of alkyl halides is 3. The van der Waals surface area contributed by atoms with Crippen molar-refractivity contribution in [3.8, 4) is 0 Å². The quantitative estimate of drug-likeness (QED) is 0.805. The molecule has 0 aliphatic carbocycles. The number of carbonyl (C=O) groups is 2. The molecule has 0 atom stereocenters. The van der Waals surface area contributed by atoms with E-state index < -0.39 is 22.7 Å². The summed E-state index contributed by atoms with van der Waals surface area (Å²) in [6.07, 6.45) is -3.35. The van der Waals surface area contributed by atoms with Gasteiger partial charge in [-0.2, -0.15) is 13.2 Å². The van der Waals surface area contributed by atoms with E-state index in [9.17, 15) is 22.8 Å². The molecule has 0 unspecified atom stereocenters. The molecule has 9 heteroatoms. The summed E-state index contributed by atoms with van der Waals surface area (Å²) in [4.78, 5) is 30.2. The molecular formula is C18H17ClF3N3O2. The molecule has 0 spiro atoms. The molecule has 2 aromatic rings. The lowest BCUT2D eigenvalue weighted by Crippen LogP contribution is -2.30. The lowest BCUT2D eigenvalue weighted by Gasteiger charge is -2.18. The Morgan fingerprint density at radius 2 is 1.81 bits per heavy atom. The second-order valence-corrected chi connectivity index (χ2v) is 5.96. The number of nitrogens with one attached hydrogen (secondary N) is 1. The van der Waals surface area contributed by atoms with E-state index in [1.165, 1.54) is 24.4 Å². The van der Waals surface area contributed by atoms with Crippen LogP contribution in [-0.2, 0) is 6.18 Å². The molecule has 2 amide bonds. The zero-order valence-corrected chi connectivity index (χ0v) is 15.4. The number of aromatic nitrogens is 1. The molecular weight excluding hydrogens is 383 g/mol. The molecule has 1 heterocycles. The zero-order valence-electron chi connectivity index (χ0n) is 14.6. The molecule has 2 rings (SSSR count). The molecule has 1 aromatic heterocycles. The fourth-order valence-electron chi connectivity index (χ4n) is 2.40. The van der Waals surface area contributed by atoms with Gasteiger partial charge in [0.2, 0.25) is 0 Å². The van der Waals surface area contributed by atoms with Crippen molar-refractivity contribution in [3.05, 3.63) is 58.4 Å². The van der Waals surface area contributed by atoms with Crippen LogP contribution < -0.4 is 5.32 Å². The van der Waals surface area contributed by atoms with Gasteiger partial charge in [0.1, 0.15) is 5.69 Å². The van der Waals surface area contributed by atoms with E-state index in [-0.39, 0.29) is 22.9 Å². The standard InChI is InChI=1S/C18H17ClF3N3O2/c1-3-25(4-2)17(27)11-7-8-23-15(9-11)16(26)24-12-5-6-14(19)13(10-12)18(20,21)22/h5-10H,3-4H2,1-2H3,(H,24,26). The summed E-state index contributed by atoms with van der Waals surface area (Å²) in [5.41, 5.74) is -0.957. The van der Waals surface area contributed by atoms with E-state index in [2.05, 4.69) is 10.3 Å². The fourth-order valence-corrected chi connectivity index (χ4v) is 2.62. The first-order valence-corrected chi connectivity index (χ1v) is 8.48. The van der Waals surface area contributed by atoms with Crippen LogP contribution >= 0.6 is 11.6 Å². The minimum Gasteiger partial charge on any atom is -0.339 e. The van der Waals surface area contributed by atoms with Gasteiger partial charge in [-0.25, -0.2) is 0 Å². The lowest BCUT2D eigenvalue weighted by molar-refractivity contribution is -0.137. The molecule has 0 aliphatic heterocycles. The highest BCUT2D eigenvalue weighted by atomic mass is 35.5. The van der Waals surface area contributed by atoms with Gasteiger partial charge < -0.3 is 10.2 Å². The number of benzene rings is 1. The van der Waals surface area contributed by atoms with Crippen molar-refractivity contribution in [1.82, 2.24) is 9.88 Å². The molecule has 1 N–H and O–H groups in total. The Morgan fingerprint density at radius 3 is 2.41 bits per heavy atom. The van der Waals surface area contributed by atoms with Crippen LogP contribution in [-0.4, -0.2) is 34.8 Å². The number of hydrogen-bond donors (Lipinski definition) is 1. The first-order chi connectivity index (χ1) is 12.7. The molecule has 0 fully saturated rings. The van der Waals surface area contributed by atoms with Gasteiger partial charge in [0, 0.05) is 30.5 Å². The number of anilines is 1. The Bertz CT molecular complexity index is 852. The summed E-state index contributed by atoms with van der Waals surface area (Å²) in [6, 6.07) is 5.82. The molecule has 144 valence electrons. The van der Waals surface area contributed by atoms with Crippen molar-refractivity contribution < 1.29 is 22.8 Å². The number of pyridine rings is 1. The maximum atomic E-state index is 12.9. The van der Waals surface area contributed by atoms with E-state index in [0.717, 1.165) is 12.1 Å². The van der Waals surface area contributed by atoms with Crippen molar-refractivity contribution in [2.75, 3.05) is 18.4 Å². The van der Waals surface area contributed by atoms with Gasteiger partial charge in [-0.15, -0.1) is 0 Å². The Hall–Kier alpha value is -2.61. The van der Waals surface area contributed by atoms with Gasteiger partial charge in [0.05, 0.1) is 10.6 Å². The summed E-state index contributed by atoms with van der Waals surface area (Å²) in [7, 11) is 0. The van der Waals surface area contributed by atoms with Crippen molar-refractivity contribution in [3.63, 3.8) is 0 Å². The number of hydrogen-bond acceptors (Lipinski definition) is 3. The van der Waals surface area contributed by atoms with Gasteiger partial charge in [-0.1, -0.05) is 11.6 Å². The normalized spacial score (nSPS) is 11.2. The predicted molar refractivity (Wildman–Crippen MR) is 95.9 cm³/mol. The highest BCUT2D eigenvalue weighted by Crippen LogP contribution is 2.36. The third-order valence-electron chi connectivity index (χ3n) is 3.82. The lowest BCUT2D eigenvalue weighted by atomic mass is 10.1. The minimum absolute atomic E-state index is 0.0843. The highest BCUT2D eigenvalue weighted by Gasteiger charge is 2.33. The van der Waals surface area contributed by atoms with Gasteiger partial charge >= 0.3 is 6.18 Å². The van der Waals surface area contributed by atoms with E-state index in [1.807, 2.05) is 13.8 Å². The van der Waals surface area contributed by atoms with Crippen LogP contribution in [0.2, 0.25) is 5.02 Å². The Morgan fingerprint density at radius 1 is 1.15 bits per heavy atom. The van der Waals surface area contributed by atoms with Crippen LogP contribution in [0.3, 0.4) is 0 Å². The summed E-state index contributed by atoms with van der Waals surface area (Å²) in [6.45, 7) is 4.66. The second-order valence-electron chi connectivity index (χ2n) is 5.55. The third kappa shape index (κ3) is 4.97. The SMILES string of the molecule is CCN(CC)C(=O)c1ccnc(C(=O)Nc2ccc(Cl)c(C(F)(F)F)c2)c1. The maximum Gasteiger partial charge on any atom is 0.417 e. The van der Waals surface area contributed by atoms with E-state index in [0.29, 0.717) is 13.1 Å². The number of halogens is 4. The van der Waals surface area contributed by atoms with Crippen LogP contribution in [0.1, 0.15) is 40.3 Å². The van der Waals surface area contributed by atoms with Gasteiger partial charge in [0.25, 0.3) is 11.8 Å². The first kappa shape index (κ1) is 20.7. The van der Waals surface area contributed by atoms with E-state index >= 15 is 0 Å². The highest BCUT2D eigenvalue weighted by molar-refractivity contribution is 6.31. The fraction of sp³-hybridized carbons (Fsp3) is 0.278. The predicted octanol–water partition coefficient (Wildman–Crippen LogP) is 4.49. The number of rotatable bonds is 5. The van der Waals surface area contributed by atoms with Gasteiger partial charge in [-0.05, 0) is 44.2 Å². The minimum atomic E-state index is -4.65. The van der Waals surface area contributed by atoms with Crippen LogP contribution in [0.15, 0.2) is 36.5 Å². The maximum absolute atomic E-state index is 12.9. The van der Waals surface area contributed by atoms with Crippen molar-refractivity contribution >= 4 is 29.1 Å². The zero-order chi connectivity index (χ0) is 20.2. The van der Waals surface area contributed by atoms with Gasteiger partial charge in [0.15, 0.2) is 0 Å². The van der Waals surface area contributed by atoms with E-state index in [1.54, 1.807) is 4.90 Å². The smallest absolute Gasteiger partial charge is 0.339 e. The van der Waals surface area contributed by atoms with Crippen LogP contribution in [0.5, 0.6) is 0 Å². The summed E-state index contributed by atoms with van der Waals surface area (Å²) < 4.78 is 38.8. The molecule has 0 saturated heterocycles. The molecule has 0 aliphatic rings. The third-order valence-corrected chi connectivity index (χ3v) is 4.15. The summed E-state index contributed by atoms with van der Waals surface area (Å²) in [5.74, 6) is -0.998. The average molecular weight is 400 g/mol. The molecule has 1 aromatic carbocycles. The van der Waals surface area contributed by atoms with E-state index in [4.69, 9.17) is 11.6 Å².